The van der Waals surface area contributed by atoms with Crippen LogP contribution in [0.25, 0.3) is 0 Å². The lowest BCUT2D eigenvalue weighted by Crippen LogP contribution is -1.79. The van der Waals surface area contributed by atoms with Gasteiger partial charge in [-0.1, -0.05) is 0 Å². The van der Waals surface area contributed by atoms with Crippen molar-refractivity contribution in [3.63, 3.8) is 0 Å². The van der Waals surface area contributed by atoms with Crippen molar-refractivity contribution in [2.45, 2.75) is 0 Å². The molecule has 5 heteroatoms. The van der Waals surface area contributed by atoms with E-state index in [4.69, 9.17) is 19.3 Å². The molecule has 1 heterocycles. The second-order valence-corrected chi connectivity index (χ2v) is 2.80. The molecule has 10 heavy (non-hydrogen) atoms. The molecular weight excluding hydrogens is 155 g/mol. The summed E-state index contributed by atoms with van der Waals surface area (Å²) in [5.41, 5.74) is 0. The summed E-state index contributed by atoms with van der Waals surface area (Å²) >= 11 is 0. The van der Waals surface area contributed by atoms with E-state index in [2.05, 4.69) is 0 Å². The molecule has 0 aromatic carbocycles. The fourth-order valence-corrected chi connectivity index (χ4v) is 1.11. The SMILES string of the molecule is CP1OCCO1.OC=CO. The number of hydrogen-bond acceptors (Lipinski definition) is 4. The van der Waals surface area contributed by atoms with E-state index in [1.807, 2.05) is 6.66 Å². The van der Waals surface area contributed by atoms with E-state index in [9.17, 15) is 0 Å². The standard InChI is InChI=1S/C3H7O2P.C2H4O2/c1-6-4-2-3-5-6;3-1-2-4/h2-3H2,1H3;1-4H. The Morgan fingerprint density at radius 2 is 1.60 bits per heavy atom. The van der Waals surface area contributed by atoms with Crippen molar-refractivity contribution < 1.29 is 19.3 Å². The van der Waals surface area contributed by atoms with Crippen LogP contribution in [0.3, 0.4) is 0 Å². The predicted octanol–water partition coefficient (Wildman–Crippen LogP) is 1.55. The van der Waals surface area contributed by atoms with Crippen LogP contribution >= 0.6 is 8.38 Å². The molecule has 0 radical (unpaired) electrons. The van der Waals surface area contributed by atoms with Crippen molar-refractivity contribution in [3.05, 3.63) is 12.5 Å². The van der Waals surface area contributed by atoms with Crippen molar-refractivity contribution in [3.8, 4) is 0 Å². The third-order valence-corrected chi connectivity index (χ3v) is 1.79. The summed E-state index contributed by atoms with van der Waals surface area (Å²) in [6, 6.07) is 0. The van der Waals surface area contributed by atoms with Crippen molar-refractivity contribution in [2.75, 3.05) is 19.9 Å². The average molecular weight is 166 g/mol. The van der Waals surface area contributed by atoms with Gasteiger partial charge in [0.05, 0.1) is 13.2 Å². The van der Waals surface area contributed by atoms with Crippen LogP contribution in [0.15, 0.2) is 12.5 Å². The summed E-state index contributed by atoms with van der Waals surface area (Å²) in [4.78, 5) is 0. The summed E-state index contributed by atoms with van der Waals surface area (Å²) in [6.07, 6.45) is 1.11. The molecule has 2 N–H and O–H groups in total. The van der Waals surface area contributed by atoms with Gasteiger partial charge in [-0.15, -0.1) is 0 Å². The maximum Gasteiger partial charge on any atom is 0.167 e. The monoisotopic (exact) mass is 166 g/mol. The third-order valence-electron chi connectivity index (χ3n) is 0.696. The summed E-state index contributed by atoms with van der Waals surface area (Å²) in [7, 11) is -0.465. The third kappa shape index (κ3) is 5.82. The molecule has 1 saturated heterocycles. The first kappa shape index (κ1) is 9.69. The van der Waals surface area contributed by atoms with Gasteiger partial charge >= 0.3 is 0 Å². The van der Waals surface area contributed by atoms with E-state index in [1.165, 1.54) is 0 Å². The Hall–Kier alpha value is -0.310. The highest BCUT2D eigenvalue weighted by molar-refractivity contribution is 7.46. The van der Waals surface area contributed by atoms with Crippen LogP contribution in [0.2, 0.25) is 0 Å². The molecule has 1 rings (SSSR count). The highest BCUT2D eigenvalue weighted by Crippen LogP contribution is 2.37. The Kier molecular flexibility index (Phi) is 6.59. The molecule has 0 aliphatic carbocycles. The minimum atomic E-state index is -0.465. The van der Waals surface area contributed by atoms with Crippen molar-refractivity contribution >= 4 is 8.38 Å². The Morgan fingerprint density at radius 3 is 1.70 bits per heavy atom. The van der Waals surface area contributed by atoms with E-state index < -0.39 is 8.38 Å². The van der Waals surface area contributed by atoms with Gasteiger partial charge in [-0.2, -0.15) is 0 Å². The van der Waals surface area contributed by atoms with Gasteiger partial charge in [-0.25, -0.2) is 0 Å². The summed E-state index contributed by atoms with van der Waals surface area (Å²) in [5, 5.41) is 14.9. The van der Waals surface area contributed by atoms with Crippen molar-refractivity contribution in [2.24, 2.45) is 0 Å². The lowest BCUT2D eigenvalue weighted by molar-refractivity contribution is 0.365. The van der Waals surface area contributed by atoms with E-state index in [0.717, 1.165) is 13.2 Å². The van der Waals surface area contributed by atoms with Crippen LogP contribution in [0, 0.1) is 0 Å². The predicted molar refractivity (Wildman–Crippen MR) is 39.1 cm³/mol. The minimum absolute atomic E-state index is 0.465. The molecule has 4 nitrogen and oxygen atoms in total. The average Bonchev–Trinajstić information content (AvgIpc) is 2.40. The summed E-state index contributed by atoms with van der Waals surface area (Å²) in [6.45, 7) is 3.55. The zero-order chi connectivity index (χ0) is 7.82. The fourth-order valence-electron chi connectivity index (χ4n) is 0.369. The molecule has 0 aromatic rings. The molecule has 0 spiro atoms. The minimum Gasteiger partial charge on any atom is -0.512 e. The maximum atomic E-state index is 7.44. The second kappa shape index (κ2) is 6.81. The highest BCUT2D eigenvalue weighted by atomic mass is 31.2. The van der Waals surface area contributed by atoms with E-state index in [1.54, 1.807) is 0 Å². The smallest absolute Gasteiger partial charge is 0.167 e. The first-order valence-electron chi connectivity index (χ1n) is 2.74. The molecule has 0 aromatic heterocycles. The van der Waals surface area contributed by atoms with E-state index in [0.29, 0.717) is 12.5 Å². The largest absolute Gasteiger partial charge is 0.512 e. The lowest BCUT2D eigenvalue weighted by Gasteiger charge is -1.93. The van der Waals surface area contributed by atoms with Gasteiger partial charge in [0, 0.05) is 6.66 Å². The number of aliphatic hydroxyl groups excluding tert-OH is 2. The number of aliphatic hydroxyl groups is 2. The Labute approximate surface area is 61.0 Å². The zero-order valence-electron chi connectivity index (χ0n) is 5.73. The Bertz CT molecular complexity index is 85.6. The Morgan fingerprint density at radius 1 is 1.20 bits per heavy atom. The lowest BCUT2D eigenvalue weighted by atomic mass is 10.8. The Balaban J connectivity index is 0.000000180. The van der Waals surface area contributed by atoms with Gasteiger partial charge < -0.3 is 19.3 Å². The molecule has 1 aliphatic rings. The van der Waals surface area contributed by atoms with E-state index >= 15 is 0 Å². The molecule has 0 bridgehead atoms. The van der Waals surface area contributed by atoms with Gasteiger partial charge in [0.15, 0.2) is 8.38 Å². The molecular formula is C5H11O4P. The molecule has 60 valence electrons. The van der Waals surface area contributed by atoms with Gasteiger partial charge in [0.1, 0.15) is 12.5 Å². The van der Waals surface area contributed by atoms with Crippen LogP contribution in [-0.2, 0) is 9.05 Å². The van der Waals surface area contributed by atoms with Crippen LogP contribution in [0.4, 0.5) is 0 Å². The quantitative estimate of drug-likeness (QED) is 0.423. The van der Waals surface area contributed by atoms with Crippen LogP contribution in [0.5, 0.6) is 0 Å². The zero-order valence-corrected chi connectivity index (χ0v) is 6.62. The topological polar surface area (TPSA) is 58.9 Å². The van der Waals surface area contributed by atoms with Crippen LogP contribution in [-0.4, -0.2) is 30.1 Å². The number of hydrogen-bond donors (Lipinski definition) is 2. The molecule has 1 fully saturated rings. The maximum absolute atomic E-state index is 7.44. The molecule has 0 unspecified atom stereocenters. The van der Waals surface area contributed by atoms with Crippen molar-refractivity contribution in [1.29, 1.82) is 0 Å². The summed E-state index contributed by atoms with van der Waals surface area (Å²) in [5.74, 6) is 0. The molecule has 0 atom stereocenters. The van der Waals surface area contributed by atoms with Crippen LogP contribution < -0.4 is 0 Å². The van der Waals surface area contributed by atoms with Gasteiger partial charge in [-0.3, -0.25) is 0 Å². The molecule has 0 saturated carbocycles. The second-order valence-electron chi connectivity index (χ2n) is 1.40. The van der Waals surface area contributed by atoms with Crippen molar-refractivity contribution in [1.82, 2.24) is 0 Å². The van der Waals surface area contributed by atoms with E-state index in [-0.39, 0.29) is 0 Å². The summed E-state index contributed by atoms with van der Waals surface area (Å²) < 4.78 is 9.99. The first-order valence-corrected chi connectivity index (χ1v) is 4.36. The fraction of sp³-hybridized carbons (Fsp3) is 0.600. The van der Waals surface area contributed by atoms with Gasteiger partial charge in [0.25, 0.3) is 0 Å². The molecule has 1 aliphatic heterocycles. The highest BCUT2D eigenvalue weighted by Gasteiger charge is 2.08. The van der Waals surface area contributed by atoms with Gasteiger partial charge in [0.2, 0.25) is 0 Å². The van der Waals surface area contributed by atoms with Crippen LogP contribution in [0.1, 0.15) is 0 Å². The normalized spacial score (nSPS) is 18.9. The number of rotatable bonds is 0. The van der Waals surface area contributed by atoms with Gasteiger partial charge in [-0.05, 0) is 0 Å². The molecule has 0 amide bonds. The first-order chi connectivity index (χ1) is 4.81.